The Kier molecular flexibility index (Phi) is 6.24. The molecule has 0 spiro atoms. The van der Waals surface area contributed by atoms with Crippen molar-refractivity contribution in [3.8, 4) is 5.75 Å². The van der Waals surface area contributed by atoms with Crippen LogP contribution in [0.2, 0.25) is 0 Å². The van der Waals surface area contributed by atoms with Crippen LogP contribution in [0, 0.1) is 5.82 Å². The summed E-state index contributed by atoms with van der Waals surface area (Å²) in [6.45, 7) is 0.451. The van der Waals surface area contributed by atoms with Crippen LogP contribution in [0.4, 0.5) is 4.39 Å². The largest absolute Gasteiger partial charge is 0.497 e. The molecule has 1 aromatic carbocycles. The molecule has 5 heteroatoms. The molecular formula is C10H16ClFN2O. The molecule has 0 bridgehead atoms. The highest BCUT2D eigenvalue weighted by molar-refractivity contribution is 5.85. The van der Waals surface area contributed by atoms with Crippen LogP contribution in [0.3, 0.4) is 0 Å². The Balaban J connectivity index is 0.00000196. The molecule has 1 atom stereocenters. The van der Waals surface area contributed by atoms with Crippen LogP contribution in [-0.2, 0) is 0 Å². The van der Waals surface area contributed by atoms with E-state index in [9.17, 15) is 4.39 Å². The van der Waals surface area contributed by atoms with Crippen molar-refractivity contribution in [3.63, 3.8) is 0 Å². The first-order chi connectivity index (χ1) is 6.69. The van der Waals surface area contributed by atoms with Gasteiger partial charge in [-0.2, -0.15) is 0 Å². The summed E-state index contributed by atoms with van der Waals surface area (Å²) in [4.78, 5) is 0. The molecule has 1 aromatic rings. The van der Waals surface area contributed by atoms with Crippen LogP contribution < -0.4 is 16.2 Å². The maximum Gasteiger partial charge on any atom is 0.131 e. The minimum atomic E-state index is -0.342. The summed E-state index contributed by atoms with van der Waals surface area (Å²) in [5.41, 5.74) is 11.6. The van der Waals surface area contributed by atoms with Crippen molar-refractivity contribution in [3.05, 3.63) is 29.6 Å². The van der Waals surface area contributed by atoms with E-state index in [-0.39, 0.29) is 24.3 Å². The minimum absolute atomic E-state index is 0. The molecule has 0 aliphatic carbocycles. The minimum Gasteiger partial charge on any atom is -0.497 e. The summed E-state index contributed by atoms with van der Waals surface area (Å²) >= 11 is 0. The van der Waals surface area contributed by atoms with E-state index in [1.54, 1.807) is 12.1 Å². The normalized spacial score (nSPS) is 11.7. The van der Waals surface area contributed by atoms with Crippen molar-refractivity contribution >= 4 is 12.4 Å². The third kappa shape index (κ3) is 3.66. The first kappa shape index (κ1) is 14.2. The predicted octanol–water partition coefficient (Wildman–Crippen LogP) is 1.60. The van der Waals surface area contributed by atoms with Gasteiger partial charge in [0.25, 0.3) is 0 Å². The van der Waals surface area contributed by atoms with Crippen LogP contribution in [0.25, 0.3) is 0 Å². The highest BCUT2D eigenvalue weighted by atomic mass is 35.5. The van der Waals surface area contributed by atoms with Crippen molar-refractivity contribution in [1.82, 2.24) is 0 Å². The Bertz CT molecular complexity index is 309. The number of halogens is 2. The zero-order valence-corrected chi connectivity index (χ0v) is 9.39. The van der Waals surface area contributed by atoms with Crippen LogP contribution in [0.5, 0.6) is 5.75 Å². The van der Waals surface area contributed by atoms with Crippen molar-refractivity contribution in [2.75, 3.05) is 13.7 Å². The fourth-order valence-corrected chi connectivity index (χ4v) is 1.27. The van der Waals surface area contributed by atoms with Gasteiger partial charge < -0.3 is 16.2 Å². The van der Waals surface area contributed by atoms with Crippen LogP contribution >= 0.6 is 12.4 Å². The van der Waals surface area contributed by atoms with Crippen molar-refractivity contribution in [1.29, 1.82) is 0 Å². The molecule has 0 aromatic heterocycles. The second kappa shape index (κ2) is 6.61. The summed E-state index contributed by atoms with van der Waals surface area (Å²) in [6, 6.07) is 4.31. The highest BCUT2D eigenvalue weighted by Crippen LogP contribution is 2.21. The predicted molar refractivity (Wildman–Crippen MR) is 60.8 cm³/mol. The van der Waals surface area contributed by atoms with Crippen molar-refractivity contribution < 1.29 is 9.13 Å². The smallest absolute Gasteiger partial charge is 0.131 e. The van der Waals surface area contributed by atoms with E-state index in [1.165, 1.54) is 13.2 Å². The number of methoxy groups -OCH3 is 1. The molecule has 0 radical (unpaired) electrons. The Morgan fingerprint density at radius 2 is 2.13 bits per heavy atom. The maximum atomic E-state index is 13.4. The summed E-state index contributed by atoms with van der Waals surface area (Å²) < 4.78 is 18.3. The molecule has 0 unspecified atom stereocenters. The number of benzene rings is 1. The van der Waals surface area contributed by atoms with Gasteiger partial charge in [0.05, 0.1) is 7.11 Å². The molecule has 86 valence electrons. The highest BCUT2D eigenvalue weighted by Gasteiger charge is 2.11. The topological polar surface area (TPSA) is 61.3 Å². The average Bonchev–Trinajstić information content (AvgIpc) is 2.17. The first-order valence-electron chi connectivity index (χ1n) is 4.48. The summed E-state index contributed by atoms with van der Waals surface area (Å²) in [5.74, 6) is 0.150. The number of hydrogen-bond donors (Lipinski definition) is 2. The molecule has 4 N–H and O–H groups in total. The zero-order chi connectivity index (χ0) is 10.6. The number of ether oxygens (including phenoxy) is 1. The monoisotopic (exact) mass is 234 g/mol. The van der Waals surface area contributed by atoms with E-state index in [2.05, 4.69) is 0 Å². The lowest BCUT2D eigenvalue weighted by molar-refractivity contribution is 0.410. The molecule has 3 nitrogen and oxygen atoms in total. The third-order valence-electron chi connectivity index (χ3n) is 2.08. The van der Waals surface area contributed by atoms with Crippen molar-refractivity contribution in [2.24, 2.45) is 11.5 Å². The van der Waals surface area contributed by atoms with Gasteiger partial charge in [0.15, 0.2) is 0 Å². The van der Waals surface area contributed by atoms with Crippen LogP contribution in [-0.4, -0.2) is 13.7 Å². The Labute approximate surface area is 95.0 Å². The molecule has 0 saturated carbocycles. The molecule has 1 rings (SSSR count). The average molecular weight is 235 g/mol. The number of nitrogens with two attached hydrogens (primary N) is 2. The standard InChI is InChI=1S/C10H15FN2O.ClH/c1-14-7-2-3-8(9(11)6-7)10(13)4-5-12;/h2-3,6,10H,4-5,12-13H2,1H3;1H/t10-;/m0./s1. The fourth-order valence-electron chi connectivity index (χ4n) is 1.27. The van der Waals surface area contributed by atoms with Crippen LogP contribution in [0.15, 0.2) is 18.2 Å². The van der Waals surface area contributed by atoms with Gasteiger partial charge in [-0.15, -0.1) is 12.4 Å². The molecule has 15 heavy (non-hydrogen) atoms. The second-order valence-electron chi connectivity index (χ2n) is 3.07. The second-order valence-corrected chi connectivity index (χ2v) is 3.07. The van der Waals surface area contributed by atoms with Gasteiger partial charge in [-0.1, -0.05) is 6.07 Å². The maximum absolute atomic E-state index is 13.4. The lowest BCUT2D eigenvalue weighted by atomic mass is 10.0. The molecular weight excluding hydrogens is 219 g/mol. The van der Waals surface area contributed by atoms with Gasteiger partial charge in [-0.3, -0.25) is 0 Å². The van der Waals surface area contributed by atoms with E-state index in [0.29, 0.717) is 24.3 Å². The third-order valence-corrected chi connectivity index (χ3v) is 2.08. The number of hydrogen-bond acceptors (Lipinski definition) is 3. The van der Waals surface area contributed by atoms with Gasteiger partial charge in [0.2, 0.25) is 0 Å². The van der Waals surface area contributed by atoms with E-state index in [0.717, 1.165) is 0 Å². The van der Waals surface area contributed by atoms with E-state index in [1.807, 2.05) is 0 Å². The summed E-state index contributed by atoms with van der Waals surface area (Å²) in [5, 5.41) is 0. The van der Waals surface area contributed by atoms with Crippen molar-refractivity contribution in [2.45, 2.75) is 12.5 Å². The molecule has 0 saturated heterocycles. The quantitative estimate of drug-likeness (QED) is 0.832. The zero-order valence-electron chi connectivity index (χ0n) is 8.57. The molecule has 0 amide bonds. The fraction of sp³-hybridized carbons (Fsp3) is 0.400. The summed E-state index contributed by atoms with van der Waals surface area (Å²) in [6.07, 6.45) is 0.573. The van der Waals surface area contributed by atoms with Gasteiger partial charge in [-0.05, 0) is 19.0 Å². The Morgan fingerprint density at radius 1 is 1.47 bits per heavy atom. The van der Waals surface area contributed by atoms with Crippen LogP contribution in [0.1, 0.15) is 18.0 Å². The molecule has 0 aliphatic heterocycles. The molecule has 0 aliphatic rings. The first-order valence-corrected chi connectivity index (χ1v) is 4.48. The summed E-state index contributed by atoms with van der Waals surface area (Å²) in [7, 11) is 1.49. The van der Waals surface area contributed by atoms with E-state index >= 15 is 0 Å². The van der Waals surface area contributed by atoms with E-state index in [4.69, 9.17) is 16.2 Å². The number of rotatable bonds is 4. The SMILES string of the molecule is COc1ccc([C@@H](N)CCN)c(F)c1.Cl. The van der Waals surface area contributed by atoms with Gasteiger partial charge >= 0.3 is 0 Å². The Hall–Kier alpha value is -0.840. The molecule has 0 fully saturated rings. The lowest BCUT2D eigenvalue weighted by Crippen LogP contribution is -2.16. The lowest BCUT2D eigenvalue weighted by Gasteiger charge is -2.12. The van der Waals surface area contributed by atoms with Gasteiger partial charge in [-0.25, -0.2) is 4.39 Å². The Morgan fingerprint density at radius 3 is 2.60 bits per heavy atom. The van der Waals surface area contributed by atoms with Gasteiger partial charge in [0.1, 0.15) is 11.6 Å². The van der Waals surface area contributed by atoms with Gasteiger partial charge in [0, 0.05) is 17.7 Å². The van der Waals surface area contributed by atoms with E-state index < -0.39 is 0 Å². The molecule has 0 heterocycles.